The van der Waals surface area contributed by atoms with Crippen molar-refractivity contribution in [3.05, 3.63) is 65.3 Å². The summed E-state index contributed by atoms with van der Waals surface area (Å²) in [5.41, 5.74) is 0.976. The van der Waals surface area contributed by atoms with E-state index in [1.165, 1.54) is 6.20 Å². The fourth-order valence-corrected chi connectivity index (χ4v) is 2.20. The van der Waals surface area contributed by atoms with Crippen LogP contribution in [0.2, 0.25) is 5.02 Å². The van der Waals surface area contributed by atoms with Gasteiger partial charge in [-0.05, 0) is 30.3 Å². The normalized spacial score (nSPS) is 10.5. The van der Waals surface area contributed by atoms with Crippen LogP contribution in [-0.4, -0.2) is 16.7 Å². The minimum absolute atomic E-state index is 0.244. The zero-order valence-electron chi connectivity index (χ0n) is 10.8. The summed E-state index contributed by atoms with van der Waals surface area (Å²) in [4.78, 5) is 27.0. The molecule has 4 nitrogen and oxygen atoms in total. The van der Waals surface area contributed by atoms with Crippen molar-refractivity contribution in [1.29, 1.82) is 0 Å². The summed E-state index contributed by atoms with van der Waals surface area (Å²) < 4.78 is 5.04. The van der Waals surface area contributed by atoms with E-state index in [0.29, 0.717) is 16.2 Å². The van der Waals surface area contributed by atoms with Crippen molar-refractivity contribution in [1.82, 2.24) is 4.98 Å². The molecule has 0 aliphatic rings. The summed E-state index contributed by atoms with van der Waals surface area (Å²) in [5, 5.41) is 1.09. The number of aromatic amines is 1. The van der Waals surface area contributed by atoms with Gasteiger partial charge in [-0.15, -0.1) is 0 Å². The number of benzene rings is 2. The number of esters is 1. The van der Waals surface area contributed by atoms with E-state index in [1.54, 1.807) is 48.5 Å². The van der Waals surface area contributed by atoms with Crippen LogP contribution in [0.3, 0.4) is 0 Å². The van der Waals surface area contributed by atoms with Gasteiger partial charge in [0.15, 0.2) is 0 Å². The van der Waals surface area contributed by atoms with Crippen LogP contribution in [0.15, 0.2) is 54.7 Å². The Kier molecular flexibility index (Phi) is 3.46. The lowest BCUT2D eigenvalue weighted by molar-refractivity contribution is -0.129. The summed E-state index contributed by atoms with van der Waals surface area (Å²) in [7, 11) is 0. The van der Waals surface area contributed by atoms with E-state index < -0.39 is 11.8 Å². The number of para-hydroxylation sites is 1. The Bertz CT molecular complexity index is 824. The van der Waals surface area contributed by atoms with Crippen molar-refractivity contribution in [2.75, 3.05) is 0 Å². The molecule has 0 amide bonds. The molecule has 1 aromatic heterocycles. The van der Waals surface area contributed by atoms with Crippen molar-refractivity contribution in [3.63, 3.8) is 0 Å². The van der Waals surface area contributed by atoms with Crippen LogP contribution in [0.4, 0.5) is 0 Å². The first kappa shape index (κ1) is 13.4. The van der Waals surface area contributed by atoms with Gasteiger partial charge in [0, 0.05) is 22.1 Å². The van der Waals surface area contributed by atoms with E-state index in [-0.39, 0.29) is 5.56 Å². The molecule has 5 heteroatoms. The lowest BCUT2D eigenvalue weighted by atomic mass is 10.1. The number of rotatable bonds is 3. The van der Waals surface area contributed by atoms with E-state index in [2.05, 4.69) is 4.98 Å². The van der Waals surface area contributed by atoms with Gasteiger partial charge in [0.25, 0.3) is 5.78 Å². The second kappa shape index (κ2) is 5.42. The van der Waals surface area contributed by atoms with Gasteiger partial charge in [0.1, 0.15) is 5.75 Å². The Morgan fingerprint density at radius 2 is 1.81 bits per heavy atom. The Hall–Kier alpha value is -2.59. The van der Waals surface area contributed by atoms with Gasteiger partial charge in [0.05, 0.1) is 5.56 Å². The molecule has 0 aliphatic heterocycles. The highest BCUT2D eigenvalue weighted by atomic mass is 35.5. The van der Waals surface area contributed by atoms with Gasteiger partial charge in [0.2, 0.25) is 0 Å². The average Bonchev–Trinajstić information content (AvgIpc) is 2.90. The minimum Gasteiger partial charge on any atom is -0.421 e. The second-order valence-corrected chi connectivity index (χ2v) is 4.86. The SMILES string of the molecule is O=C(Oc1ccccc1)C(=O)c1c[nH]c2ccc(Cl)cc12. The molecule has 1 N–H and O–H groups in total. The number of hydrogen-bond acceptors (Lipinski definition) is 3. The highest BCUT2D eigenvalue weighted by Crippen LogP contribution is 2.23. The maximum atomic E-state index is 12.2. The van der Waals surface area contributed by atoms with Gasteiger partial charge >= 0.3 is 5.97 Å². The third kappa shape index (κ3) is 2.66. The minimum atomic E-state index is -0.929. The lowest BCUT2D eigenvalue weighted by Crippen LogP contribution is -2.20. The van der Waals surface area contributed by atoms with Crippen molar-refractivity contribution in [2.45, 2.75) is 0 Å². The van der Waals surface area contributed by atoms with Crippen molar-refractivity contribution >= 4 is 34.3 Å². The maximum Gasteiger partial charge on any atom is 0.385 e. The van der Waals surface area contributed by atoms with Gasteiger partial charge in [-0.25, -0.2) is 4.79 Å². The molecule has 3 aromatic rings. The van der Waals surface area contributed by atoms with Crippen LogP contribution < -0.4 is 4.74 Å². The van der Waals surface area contributed by atoms with Crippen LogP contribution >= 0.6 is 11.6 Å². The molecule has 0 bridgehead atoms. The molecule has 0 atom stereocenters. The Morgan fingerprint density at radius 1 is 1.05 bits per heavy atom. The number of halogens is 1. The molecule has 21 heavy (non-hydrogen) atoms. The molecule has 0 spiro atoms. The predicted molar refractivity (Wildman–Crippen MR) is 79.7 cm³/mol. The largest absolute Gasteiger partial charge is 0.421 e. The standard InChI is InChI=1S/C16H10ClNO3/c17-10-6-7-14-12(8-10)13(9-18-14)15(19)16(20)21-11-4-2-1-3-5-11/h1-9,18H. The molecule has 0 radical (unpaired) electrons. The zero-order chi connectivity index (χ0) is 14.8. The third-order valence-electron chi connectivity index (χ3n) is 3.03. The van der Waals surface area contributed by atoms with E-state index in [1.807, 2.05) is 0 Å². The van der Waals surface area contributed by atoms with E-state index in [4.69, 9.17) is 16.3 Å². The molecule has 0 saturated carbocycles. The Balaban J connectivity index is 1.90. The summed E-state index contributed by atoms with van der Waals surface area (Å²) in [6.07, 6.45) is 1.48. The van der Waals surface area contributed by atoms with Crippen molar-refractivity contribution < 1.29 is 14.3 Å². The lowest BCUT2D eigenvalue weighted by Gasteiger charge is -2.02. The summed E-state index contributed by atoms with van der Waals surface area (Å²) in [5.74, 6) is -1.32. The van der Waals surface area contributed by atoms with Crippen LogP contribution in [0, 0.1) is 0 Å². The van der Waals surface area contributed by atoms with Gasteiger partial charge < -0.3 is 9.72 Å². The summed E-state index contributed by atoms with van der Waals surface area (Å²) in [6, 6.07) is 13.5. The quantitative estimate of drug-likeness (QED) is 0.348. The number of ether oxygens (including phenoxy) is 1. The number of nitrogens with one attached hydrogen (secondary N) is 1. The van der Waals surface area contributed by atoms with Crippen LogP contribution in [0.5, 0.6) is 5.75 Å². The van der Waals surface area contributed by atoms with Crippen LogP contribution in [-0.2, 0) is 4.79 Å². The topological polar surface area (TPSA) is 59.2 Å². The van der Waals surface area contributed by atoms with E-state index >= 15 is 0 Å². The number of carbonyl (C=O) groups is 2. The number of aromatic nitrogens is 1. The molecule has 0 saturated heterocycles. The van der Waals surface area contributed by atoms with Gasteiger partial charge in [-0.3, -0.25) is 4.79 Å². The fraction of sp³-hybridized carbons (Fsp3) is 0. The molecule has 2 aromatic carbocycles. The predicted octanol–water partition coefficient (Wildman–Crippen LogP) is 3.61. The molecule has 0 fully saturated rings. The number of hydrogen-bond donors (Lipinski definition) is 1. The highest BCUT2D eigenvalue weighted by Gasteiger charge is 2.22. The maximum absolute atomic E-state index is 12.2. The third-order valence-corrected chi connectivity index (χ3v) is 3.26. The molecule has 0 aliphatic carbocycles. The number of H-pyrrole nitrogens is 1. The number of fused-ring (bicyclic) bond motifs is 1. The molecular formula is C16H10ClNO3. The molecule has 3 rings (SSSR count). The second-order valence-electron chi connectivity index (χ2n) is 4.42. The fourth-order valence-electron chi connectivity index (χ4n) is 2.03. The zero-order valence-corrected chi connectivity index (χ0v) is 11.6. The summed E-state index contributed by atoms with van der Waals surface area (Å²) in [6.45, 7) is 0. The molecular weight excluding hydrogens is 290 g/mol. The first-order valence-corrected chi connectivity index (χ1v) is 6.61. The molecule has 1 heterocycles. The molecule has 0 unspecified atom stereocenters. The monoisotopic (exact) mass is 299 g/mol. The molecule has 104 valence electrons. The Morgan fingerprint density at radius 3 is 2.57 bits per heavy atom. The van der Waals surface area contributed by atoms with Crippen LogP contribution in [0.25, 0.3) is 10.9 Å². The van der Waals surface area contributed by atoms with Gasteiger partial charge in [-0.1, -0.05) is 29.8 Å². The van der Waals surface area contributed by atoms with E-state index in [0.717, 1.165) is 5.52 Å². The number of Topliss-reactive ketones (excluding diaryl/α,β-unsaturated/α-hetero) is 1. The van der Waals surface area contributed by atoms with Crippen molar-refractivity contribution in [3.8, 4) is 5.75 Å². The Labute approximate surface area is 125 Å². The first-order valence-electron chi connectivity index (χ1n) is 6.23. The smallest absolute Gasteiger partial charge is 0.385 e. The van der Waals surface area contributed by atoms with Crippen LogP contribution in [0.1, 0.15) is 10.4 Å². The summed E-state index contributed by atoms with van der Waals surface area (Å²) >= 11 is 5.92. The number of carbonyl (C=O) groups excluding carboxylic acids is 2. The number of ketones is 1. The average molecular weight is 300 g/mol. The van der Waals surface area contributed by atoms with E-state index in [9.17, 15) is 9.59 Å². The van der Waals surface area contributed by atoms with Gasteiger partial charge in [-0.2, -0.15) is 0 Å². The van der Waals surface area contributed by atoms with Crippen molar-refractivity contribution in [2.24, 2.45) is 0 Å². The first-order chi connectivity index (χ1) is 10.1. The highest BCUT2D eigenvalue weighted by molar-refractivity contribution is 6.43.